The number of rotatable bonds is 5. The van der Waals surface area contributed by atoms with Crippen LogP contribution in [0.5, 0.6) is 0 Å². The third-order valence-corrected chi connectivity index (χ3v) is 5.36. The second-order valence-corrected chi connectivity index (χ2v) is 7.34. The lowest BCUT2D eigenvalue weighted by atomic mass is 10.2. The second kappa shape index (κ2) is 8.99. The van der Waals surface area contributed by atoms with E-state index in [4.69, 9.17) is 12.2 Å². The van der Waals surface area contributed by atoms with Gasteiger partial charge in [-0.1, -0.05) is 30.3 Å². The van der Waals surface area contributed by atoms with E-state index in [9.17, 15) is 14.4 Å². The number of esters is 1. The van der Waals surface area contributed by atoms with Crippen molar-refractivity contribution in [3.63, 3.8) is 0 Å². The maximum atomic E-state index is 13.1. The van der Waals surface area contributed by atoms with Gasteiger partial charge in [-0.15, -0.1) is 0 Å². The minimum absolute atomic E-state index is 0.0921. The van der Waals surface area contributed by atoms with Crippen LogP contribution in [0.3, 0.4) is 0 Å². The number of nitrogens with one attached hydrogen (secondary N) is 1. The number of nitrogens with zero attached hydrogens (tertiary/aromatic N) is 2. The first-order valence-corrected chi connectivity index (χ1v) is 10.2. The van der Waals surface area contributed by atoms with E-state index in [1.165, 1.54) is 11.7 Å². The Balaban J connectivity index is 1.71. The predicted octanol–water partition coefficient (Wildman–Crippen LogP) is 3.95. The molecule has 0 atom stereocenters. The Morgan fingerprint density at radius 1 is 0.938 bits per heavy atom. The molecular weight excluding hydrogens is 426 g/mol. The van der Waals surface area contributed by atoms with Crippen molar-refractivity contribution in [2.24, 2.45) is 0 Å². The van der Waals surface area contributed by atoms with Crippen LogP contribution in [-0.2, 0) is 16.1 Å². The van der Waals surface area contributed by atoms with Gasteiger partial charge in [0.05, 0.1) is 29.3 Å². The van der Waals surface area contributed by atoms with Gasteiger partial charge in [0.2, 0.25) is 5.91 Å². The molecule has 160 valence electrons. The number of anilines is 1. The topological polar surface area (TPSA) is 82.3 Å². The maximum absolute atomic E-state index is 13.1. The van der Waals surface area contributed by atoms with Crippen LogP contribution in [0.2, 0.25) is 0 Å². The zero-order chi connectivity index (χ0) is 22.7. The lowest BCUT2D eigenvalue weighted by Gasteiger charge is -2.16. The molecule has 0 unspecified atom stereocenters. The molecule has 8 heteroatoms. The van der Waals surface area contributed by atoms with Gasteiger partial charge in [0.25, 0.3) is 5.56 Å². The summed E-state index contributed by atoms with van der Waals surface area (Å²) < 4.78 is 7.96. The smallest absolute Gasteiger partial charge is 0.337 e. The van der Waals surface area contributed by atoms with Gasteiger partial charge in [0.1, 0.15) is 6.54 Å². The molecule has 0 aliphatic heterocycles. The van der Waals surface area contributed by atoms with E-state index in [1.807, 2.05) is 18.2 Å². The van der Waals surface area contributed by atoms with Crippen molar-refractivity contribution in [2.45, 2.75) is 6.54 Å². The molecule has 1 aromatic heterocycles. The van der Waals surface area contributed by atoms with Crippen LogP contribution < -0.4 is 10.9 Å². The van der Waals surface area contributed by atoms with Gasteiger partial charge in [0.15, 0.2) is 4.77 Å². The molecule has 0 fully saturated rings. The highest BCUT2D eigenvalue weighted by Crippen LogP contribution is 2.16. The van der Waals surface area contributed by atoms with Crippen molar-refractivity contribution < 1.29 is 14.3 Å². The number of carbonyl (C=O) groups is 2. The second-order valence-electron chi connectivity index (χ2n) is 6.98. The molecule has 0 aliphatic rings. The average Bonchev–Trinajstić information content (AvgIpc) is 2.82. The van der Waals surface area contributed by atoms with Crippen LogP contribution in [0.15, 0.2) is 83.7 Å². The van der Waals surface area contributed by atoms with E-state index in [-0.39, 0.29) is 22.8 Å². The average molecular weight is 446 g/mol. The Labute approximate surface area is 188 Å². The van der Waals surface area contributed by atoms with Gasteiger partial charge in [0, 0.05) is 5.69 Å². The van der Waals surface area contributed by atoms with E-state index in [1.54, 1.807) is 65.2 Å². The number of hydrogen-bond donors (Lipinski definition) is 1. The molecule has 0 radical (unpaired) electrons. The van der Waals surface area contributed by atoms with Crippen LogP contribution in [0.4, 0.5) is 5.69 Å². The largest absolute Gasteiger partial charge is 0.465 e. The molecular formula is C24H19N3O4S. The van der Waals surface area contributed by atoms with Crippen LogP contribution in [0, 0.1) is 4.77 Å². The molecule has 0 aliphatic carbocycles. The van der Waals surface area contributed by atoms with E-state index in [0.29, 0.717) is 27.8 Å². The summed E-state index contributed by atoms with van der Waals surface area (Å²) in [5, 5.41) is 3.25. The summed E-state index contributed by atoms with van der Waals surface area (Å²) in [6, 6.07) is 22.5. The normalized spacial score (nSPS) is 10.7. The third kappa shape index (κ3) is 4.08. The Morgan fingerprint density at radius 3 is 2.28 bits per heavy atom. The summed E-state index contributed by atoms with van der Waals surface area (Å²) in [5.41, 5.74) is 1.86. The van der Waals surface area contributed by atoms with Crippen LogP contribution in [-0.4, -0.2) is 28.1 Å². The standard InChI is InChI=1S/C24H19N3O4S/c1-31-23(30)16-11-13-17(14-12-16)25-21(28)15-26-20-10-6-5-9-19(20)22(29)27(24(26)32)18-7-3-2-4-8-18/h2-14H,15H2,1H3,(H,25,28). The highest BCUT2D eigenvalue weighted by Gasteiger charge is 2.14. The Morgan fingerprint density at radius 2 is 1.59 bits per heavy atom. The fourth-order valence-corrected chi connectivity index (χ4v) is 3.78. The number of ether oxygens (including phenoxy) is 1. The lowest BCUT2D eigenvalue weighted by molar-refractivity contribution is -0.116. The fraction of sp³-hybridized carbons (Fsp3) is 0.0833. The number of para-hydroxylation sites is 2. The van der Waals surface area contributed by atoms with Crippen molar-refractivity contribution in [3.8, 4) is 5.69 Å². The zero-order valence-corrected chi connectivity index (χ0v) is 18.0. The Bertz CT molecular complexity index is 1420. The molecule has 1 amide bonds. The predicted molar refractivity (Wildman–Crippen MR) is 125 cm³/mol. The van der Waals surface area contributed by atoms with Gasteiger partial charge >= 0.3 is 5.97 Å². The van der Waals surface area contributed by atoms with Crippen molar-refractivity contribution in [1.29, 1.82) is 0 Å². The summed E-state index contributed by atoms with van der Waals surface area (Å²) in [7, 11) is 1.31. The van der Waals surface area contributed by atoms with Gasteiger partial charge in [-0.05, 0) is 60.7 Å². The first-order chi connectivity index (χ1) is 15.5. The first-order valence-electron chi connectivity index (χ1n) is 9.78. The van der Waals surface area contributed by atoms with Crippen molar-refractivity contribution in [1.82, 2.24) is 9.13 Å². The first kappa shape index (κ1) is 21.2. The molecule has 0 spiro atoms. The van der Waals surface area contributed by atoms with Crippen molar-refractivity contribution in [3.05, 3.63) is 99.6 Å². The molecule has 1 N–H and O–H groups in total. The quantitative estimate of drug-likeness (QED) is 0.372. The molecule has 3 aromatic carbocycles. The van der Waals surface area contributed by atoms with Crippen LogP contribution in [0.25, 0.3) is 16.6 Å². The third-order valence-electron chi connectivity index (χ3n) is 4.96. The van der Waals surface area contributed by atoms with E-state index in [0.717, 1.165) is 0 Å². The van der Waals surface area contributed by atoms with Crippen LogP contribution >= 0.6 is 12.2 Å². The summed E-state index contributed by atoms with van der Waals surface area (Å²) in [4.78, 5) is 37.5. The Hall–Kier alpha value is -4.04. The van der Waals surface area contributed by atoms with Crippen LogP contribution in [0.1, 0.15) is 10.4 Å². The maximum Gasteiger partial charge on any atom is 0.337 e. The summed E-state index contributed by atoms with van der Waals surface area (Å²) in [6.45, 7) is -0.0921. The van der Waals surface area contributed by atoms with E-state index >= 15 is 0 Å². The van der Waals surface area contributed by atoms with Crippen molar-refractivity contribution >= 4 is 40.7 Å². The van der Waals surface area contributed by atoms with E-state index < -0.39 is 5.97 Å². The zero-order valence-electron chi connectivity index (χ0n) is 17.1. The summed E-state index contributed by atoms with van der Waals surface area (Å²) in [6.07, 6.45) is 0. The molecule has 32 heavy (non-hydrogen) atoms. The number of benzene rings is 3. The minimum Gasteiger partial charge on any atom is -0.465 e. The number of methoxy groups -OCH3 is 1. The molecule has 0 saturated heterocycles. The molecule has 4 aromatic rings. The highest BCUT2D eigenvalue weighted by atomic mass is 32.1. The monoisotopic (exact) mass is 445 g/mol. The van der Waals surface area contributed by atoms with Crippen molar-refractivity contribution in [2.75, 3.05) is 12.4 Å². The van der Waals surface area contributed by atoms with Gasteiger partial charge in [-0.3, -0.25) is 14.2 Å². The molecule has 7 nitrogen and oxygen atoms in total. The van der Waals surface area contributed by atoms with Gasteiger partial charge in [-0.25, -0.2) is 4.79 Å². The van der Waals surface area contributed by atoms with E-state index in [2.05, 4.69) is 10.1 Å². The van der Waals surface area contributed by atoms with Gasteiger partial charge in [-0.2, -0.15) is 0 Å². The molecule has 0 saturated carbocycles. The number of hydrogen-bond acceptors (Lipinski definition) is 5. The number of fused-ring (bicyclic) bond motifs is 1. The summed E-state index contributed by atoms with van der Waals surface area (Å²) in [5.74, 6) is -0.779. The summed E-state index contributed by atoms with van der Waals surface area (Å²) >= 11 is 5.63. The highest BCUT2D eigenvalue weighted by molar-refractivity contribution is 7.71. The Kier molecular flexibility index (Phi) is 5.96. The van der Waals surface area contributed by atoms with Gasteiger partial charge < -0.3 is 14.6 Å². The number of carbonyl (C=O) groups excluding carboxylic acids is 2. The minimum atomic E-state index is -0.455. The number of amides is 1. The fourth-order valence-electron chi connectivity index (χ4n) is 3.43. The number of aromatic nitrogens is 2. The molecule has 1 heterocycles. The molecule has 0 bridgehead atoms. The molecule has 4 rings (SSSR count). The SMILES string of the molecule is COC(=O)c1ccc(NC(=O)Cn2c(=S)n(-c3ccccc3)c(=O)c3ccccc32)cc1. The lowest BCUT2D eigenvalue weighted by Crippen LogP contribution is -2.27.